The van der Waals surface area contributed by atoms with Gasteiger partial charge in [-0.05, 0) is 29.7 Å². The van der Waals surface area contributed by atoms with Crippen molar-refractivity contribution in [3.05, 3.63) is 28.0 Å². The van der Waals surface area contributed by atoms with Crippen molar-refractivity contribution < 1.29 is 9.90 Å². The number of hydrogen-bond donors (Lipinski definition) is 0. The third kappa shape index (κ3) is 3.00. The molecule has 0 unspecified atom stereocenters. The Hall–Kier alpha value is -1.09. The van der Waals surface area contributed by atoms with Crippen LogP contribution >= 0.6 is 11.3 Å². The van der Waals surface area contributed by atoms with Crippen LogP contribution in [0.1, 0.15) is 30.5 Å². The van der Waals surface area contributed by atoms with Gasteiger partial charge in [-0.25, -0.2) is 0 Å². The van der Waals surface area contributed by atoms with E-state index < -0.39 is 5.97 Å². The SMILES string of the molecule is CC(C)(C)c1ccc(C=CC(=O)[O-])s1. The lowest BCUT2D eigenvalue weighted by Gasteiger charge is -2.15. The first-order valence-corrected chi connectivity index (χ1v) is 5.20. The maximum absolute atomic E-state index is 10.2. The average molecular weight is 209 g/mol. The monoisotopic (exact) mass is 209 g/mol. The van der Waals surface area contributed by atoms with E-state index in [-0.39, 0.29) is 5.41 Å². The van der Waals surface area contributed by atoms with Gasteiger partial charge < -0.3 is 9.90 Å². The van der Waals surface area contributed by atoms with E-state index in [0.717, 1.165) is 11.0 Å². The highest BCUT2D eigenvalue weighted by Crippen LogP contribution is 2.29. The van der Waals surface area contributed by atoms with Gasteiger partial charge >= 0.3 is 0 Å². The van der Waals surface area contributed by atoms with E-state index in [1.54, 1.807) is 17.4 Å². The Bertz CT molecular complexity index is 356. The molecule has 0 atom stereocenters. The summed E-state index contributed by atoms with van der Waals surface area (Å²) >= 11 is 1.60. The molecule has 0 aromatic carbocycles. The molecule has 0 saturated carbocycles. The summed E-state index contributed by atoms with van der Waals surface area (Å²) in [6, 6.07) is 3.95. The van der Waals surface area contributed by atoms with Crippen LogP contribution in [0.5, 0.6) is 0 Å². The summed E-state index contributed by atoms with van der Waals surface area (Å²) < 4.78 is 0. The van der Waals surface area contributed by atoms with Gasteiger partial charge in [-0.1, -0.05) is 20.8 Å². The molecule has 1 aromatic rings. The first-order chi connectivity index (χ1) is 6.39. The van der Waals surface area contributed by atoms with E-state index in [1.165, 1.54) is 4.88 Å². The van der Waals surface area contributed by atoms with Crippen molar-refractivity contribution in [1.82, 2.24) is 0 Å². The number of hydrogen-bond acceptors (Lipinski definition) is 3. The van der Waals surface area contributed by atoms with Gasteiger partial charge in [0.2, 0.25) is 0 Å². The molecule has 14 heavy (non-hydrogen) atoms. The Morgan fingerprint density at radius 2 is 2.07 bits per heavy atom. The second-order valence-electron chi connectivity index (χ2n) is 4.10. The van der Waals surface area contributed by atoms with Crippen molar-refractivity contribution in [2.24, 2.45) is 0 Å². The Labute approximate surface area is 87.9 Å². The van der Waals surface area contributed by atoms with Crippen LogP contribution in [0.4, 0.5) is 0 Å². The zero-order chi connectivity index (χ0) is 10.8. The van der Waals surface area contributed by atoms with Gasteiger partial charge in [-0.2, -0.15) is 0 Å². The minimum atomic E-state index is -1.16. The number of thiophene rings is 1. The van der Waals surface area contributed by atoms with Gasteiger partial charge in [-0.3, -0.25) is 0 Å². The van der Waals surface area contributed by atoms with Crippen LogP contribution in [0.2, 0.25) is 0 Å². The van der Waals surface area contributed by atoms with E-state index in [0.29, 0.717) is 0 Å². The fourth-order valence-electron chi connectivity index (χ4n) is 0.996. The lowest BCUT2D eigenvalue weighted by molar-refractivity contribution is -0.297. The molecule has 0 aliphatic rings. The third-order valence-electron chi connectivity index (χ3n) is 1.75. The summed E-state index contributed by atoms with van der Waals surface area (Å²) in [5.74, 6) is -1.16. The fraction of sp³-hybridized carbons (Fsp3) is 0.364. The van der Waals surface area contributed by atoms with Crippen molar-refractivity contribution in [1.29, 1.82) is 0 Å². The topological polar surface area (TPSA) is 40.1 Å². The quantitative estimate of drug-likeness (QED) is 0.697. The van der Waals surface area contributed by atoms with E-state index in [4.69, 9.17) is 0 Å². The highest BCUT2D eigenvalue weighted by atomic mass is 32.1. The molecule has 0 bridgehead atoms. The van der Waals surface area contributed by atoms with Crippen LogP contribution < -0.4 is 5.11 Å². The third-order valence-corrected chi connectivity index (χ3v) is 3.23. The summed E-state index contributed by atoms with van der Waals surface area (Å²) in [6.45, 7) is 6.39. The van der Waals surface area contributed by atoms with Crippen LogP contribution in [0, 0.1) is 0 Å². The van der Waals surface area contributed by atoms with E-state index in [2.05, 4.69) is 20.8 Å². The van der Waals surface area contributed by atoms with Gasteiger partial charge in [0.1, 0.15) is 0 Å². The van der Waals surface area contributed by atoms with Crippen LogP contribution in [0.3, 0.4) is 0 Å². The van der Waals surface area contributed by atoms with Gasteiger partial charge in [-0.15, -0.1) is 11.3 Å². The van der Waals surface area contributed by atoms with Crippen molar-refractivity contribution in [2.45, 2.75) is 26.2 Å². The molecule has 0 radical (unpaired) electrons. The number of carbonyl (C=O) groups excluding carboxylic acids is 1. The molecule has 1 heterocycles. The van der Waals surface area contributed by atoms with Gasteiger partial charge in [0, 0.05) is 9.75 Å². The molecule has 1 rings (SSSR count). The zero-order valence-corrected chi connectivity index (χ0v) is 9.35. The second-order valence-corrected chi connectivity index (χ2v) is 5.22. The number of rotatable bonds is 2. The lowest BCUT2D eigenvalue weighted by Crippen LogP contribution is -2.18. The lowest BCUT2D eigenvalue weighted by atomic mass is 9.95. The van der Waals surface area contributed by atoms with Crippen LogP contribution in [-0.2, 0) is 10.2 Å². The standard InChI is InChI=1S/C11H14O2S/c1-11(2,3)9-6-4-8(14-9)5-7-10(12)13/h4-7H,1-3H3,(H,12,13)/p-1. The van der Waals surface area contributed by atoms with Crippen molar-refractivity contribution in [2.75, 3.05) is 0 Å². The van der Waals surface area contributed by atoms with Crippen LogP contribution in [0.25, 0.3) is 6.08 Å². The maximum Gasteiger partial charge on any atom is 0.0643 e. The van der Waals surface area contributed by atoms with Crippen molar-refractivity contribution >= 4 is 23.4 Å². The molecule has 0 aliphatic carbocycles. The molecule has 0 aliphatic heterocycles. The fourth-order valence-corrected chi connectivity index (χ4v) is 1.96. The predicted molar refractivity (Wildman–Crippen MR) is 57.1 cm³/mol. The molecule has 76 valence electrons. The average Bonchev–Trinajstić information content (AvgIpc) is 2.47. The first-order valence-electron chi connectivity index (χ1n) is 4.39. The summed E-state index contributed by atoms with van der Waals surface area (Å²) in [6.07, 6.45) is 2.62. The van der Waals surface area contributed by atoms with E-state index >= 15 is 0 Å². The molecule has 0 spiro atoms. The second kappa shape index (κ2) is 3.96. The molecule has 3 heteroatoms. The largest absolute Gasteiger partial charge is 0.545 e. The number of carboxylic acids is 1. The Morgan fingerprint density at radius 1 is 1.43 bits per heavy atom. The molecule has 0 N–H and O–H groups in total. The minimum Gasteiger partial charge on any atom is -0.545 e. The minimum absolute atomic E-state index is 0.123. The number of carbonyl (C=O) groups is 1. The van der Waals surface area contributed by atoms with Crippen LogP contribution in [-0.4, -0.2) is 5.97 Å². The molecule has 2 nitrogen and oxygen atoms in total. The smallest absolute Gasteiger partial charge is 0.0643 e. The molecular weight excluding hydrogens is 196 g/mol. The molecule has 1 aromatic heterocycles. The predicted octanol–water partition coefficient (Wildman–Crippen LogP) is 1.81. The van der Waals surface area contributed by atoms with Gasteiger partial charge in [0.05, 0.1) is 5.97 Å². The molecule has 0 saturated heterocycles. The van der Waals surface area contributed by atoms with Gasteiger partial charge in [0.25, 0.3) is 0 Å². The Balaban J connectivity index is 2.84. The maximum atomic E-state index is 10.2. The highest BCUT2D eigenvalue weighted by Gasteiger charge is 2.15. The Morgan fingerprint density at radius 3 is 2.50 bits per heavy atom. The number of aliphatic carboxylic acids is 1. The van der Waals surface area contributed by atoms with Gasteiger partial charge in [0.15, 0.2) is 0 Å². The zero-order valence-electron chi connectivity index (χ0n) is 8.53. The van der Waals surface area contributed by atoms with E-state index in [1.807, 2.05) is 12.1 Å². The molecule has 0 fully saturated rings. The molecule has 0 amide bonds. The summed E-state index contributed by atoms with van der Waals surface area (Å²) in [4.78, 5) is 12.4. The van der Waals surface area contributed by atoms with Crippen LogP contribution in [0.15, 0.2) is 18.2 Å². The summed E-state index contributed by atoms with van der Waals surface area (Å²) in [5.41, 5.74) is 0.123. The summed E-state index contributed by atoms with van der Waals surface area (Å²) in [5, 5.41) is 10.2. The normalized spacial score (nSPS) is 12.2. The Kier molecular flexibility index (Phi) is 3.11. The van der Waals surface area contributed by atoms with Crippen molar-refractivity contribution in [3.8, 4) is 0 Å². The first kappa shape index (κ1) is 11.0. The summed E-state index contributed by atoms with van der Waals surface area (Å²) in [7, 11) is 0. The molecular formula is C11H13O2S-. The van der Waals surface area contributed by atoms with E-state index in [9.17, 15) is 9.90 Å². The highest BCUT2D eigenvalue weighted by molar-refractivity contribution is 7.13. The van der Waals surface area contributed by atoms with Crippen molar-refractivity contribution in [3.63, 3.8) is 0 Å². The number of carboxylic acid groups (broad SMARTS) is 1.